The van der Waals surface area contributed by atoms with Crippen molar-refractivity contribution in [2.75, 3.05) is 9.80 Å². The van der Waals surface area contributed by atoms with Gasteiger partial charge in [0, 0.05) is 33.6 Å². The van der Waals surface area contributed by atoms with E-state index in [4.69, 9.17) is 0 Å². The Balaban J connectivity index is 1.10. The van der Waals surface area contributed by atoms with Crippen LogP contribution in [0.5, 0.6) is 0 Å². The summed E-state index contributed by atoms with van der Waals surface area (Å²) in [7, 11) is 0. The second-order valence-electron chi connectivity index (χ2n) is 25.1. The number of nitrogens with zero attached hydrogens (tertiary/aromatic N) is 2. The highest BCUT2D eigenvalue weighted by atomic mass is 15.2. The van der Waals surface area contributed by atoms with Crippen molar-refractivity contribution in [3.63, 3.8) is 0 Å². The predicted octanol–water partition coefficient (Wildman–Crippen LogP) is 22.7. The fraction of sp³-hybridized carbons (Fsp3) is 0.259. The largest absolute Gasteiger partial charge is 0.310 e. The number of unbranched alkanes of at least 4 members (excludes halogenated alkanes) is 6. The van der Waals surface area contributed by atoms with Gasteiger partial charge in [-0.25, -0.2) is 0 Å². The van der Waals surface area contributed by atoms with Gasteiger partial charge in [0.05, 0.1) is 22.5 Å². The van der Waals surface area contributed by atoms with Crippen molar-refractivity contribution in [3.8, 4) is 44.5 Å². The summed E-state index contributed by atoms with van der Waals surface area (Å²) < 4.78 is 0. The molecule has 14 rings (SSSR count). The Bertz CT molecular complexity index is 4080. The number of aryl methyl sites for hydroxylation is 2. The third kappa shape index (κ3) is 8.40. The lowest BCUT2D eigenvalue weighted by Crippen LogP contribution is -2.42. The summed E-state index contributed by atoms with van der Waals surface area (Å²) >= 11 is 0. The number of hydrogen-bond acceptors (Lipinski definition) is 2. The van der Waals surface area contributed by atoms with Gasteiger partial charge in [0.15, 0.2) is 0 Å². The molecule has 2 nitrogen and oxygen atoms in total. The minimum Gasteiger partial charge on any atom is -0.310 e. The maximum absolute atomic E-state index is 2.77. The summed E-state index contributed by atoms with van der Waals surface area (Å²) in [6.07, 6.45) is 14.3. The van der Waals surface area contributed by atoms with E-state index in [-0.39, 0.29) is 10.8 Å². The molecule has 0 saturated heterocycles. The van der Waals surface area contributed by atoms with Crippen molar-refractivity contribution < 1.29 is 0 Å². The third-order valence-corrected chi connectivity index (χ3v) is 20.3. The maximum Gasteiger partial charge on any atom is 0.0727 e. The van der Waals surface area contributed by atoms with Crippen LogP contribution in [0.2, 0.25) is 0 Å². The molecule has 412 valence electrons. The first-order valence-electron chi connectivity index (χ1n) is 31.4. The first-order valence-corrected chi connectivity index (χ1v) is 31.4. The number of benzene rings is 10. The molecular formula is C81H78N2. The molecule has 0 fully saturated rings. The monoisotopic (exact) mass is 1080 g/mol. The van der Waals surface area contributed by atoms with Gasteiger partial charge in [-0.1, -0.05) is 248 Å². The zero-order valence-corrected chi connectivity index (χ0v) is 49.7. The van der Waals surface area contributed by atoms with Crippen LogP contribution >= 0.6 is 0 Å². The Kier molecular flexibility index (Phi) is 13.5. The smallest absolute Gasteiger partial charge is 0.0727 e. The van der Waals surface area contributed by atoms with Gasteiger partial charge in [-0.2, -0.15) is 0 Å². The van der Waals surface area contributed by atoms with Gasteiger partial charge in [0.25, 0.3) is 0 Å². The fourth-order valence-electron chi connectivity index (χ4n) is 15.6. The Morgan fingerprint density at radius 3 is 1.78 bits per heavy atom. The topological polar surface area (TPSA) is 6.48 Å². The average Bonchev–Trinajstić information content (AvgIpc) is 1.68. The van der Waals surface area contributed by atoms with E-state index >= 15 is 0 Å². The normalized spacial score (nSPS) is 17.2. The molecule has 4 bridgehead atoms. The molecule has 10 aromatic carbocycles. The first-order chi connectivity index (χ1) is 40.7. The zero-order valence-electron chi connectivity index (χ0n) is 49.7. The predicted molar refractivity (Wildman–Crippen MR) is 352 cm³/mol. The van der Waals surface area contributed by atoms with Crippen LogP contribution in [-0.4, -0.2) is 0 Å². The lowest BCUT2D eigenvalue weighted by atomic mass is 9.56. The van der Waals surface area contributed by atoms with Gasteiger partial charge >= 0.3 is 0 Å². The molecule has 0 N–H and O–H groups in total. The van der Waals surface area contributed by atoms with Gasteiger partial charge in [-0.15, -0.1) is 0 Å². The average molecular weight is 1080 g/mol. The van der Waals surface area contributed by atoms with E-state index < -0.39 is 5.41 Å². The van der Waals surface area contributed by atoms with E-state index in [1.54, 1.807) is 0 Å². The summed E-state index contributed by atoms with van der Waals surface area (Å²) in [6.45, 7) is 14.2. The second kappa shape index (κ2) is 21.2. The van der Waals surface area contributed by atoms with Crippen molar-refractivity contribution >= 4 is 34.1 Å². The number of fused-ring (bicyclic) bond motifs is 7. The molecule has 0 radical (unpaired) electrons. The molecule has 1 heterocycles. The highest BCUT2D eigenvalue weighted by Crippen LogP contribution is 2.67. The number of hydrogen-bond donors (Lipinski definition) is 0. The Hall–Kier alpha value is -8.20. The molecule has 0 saturated carbocycles. The van der Waals surface area contributed by atoms with Gasteiger partial charge in [0.2, 0.25) is 0 Å². The molecular weight excluding hydrogens is 1000 g/mol. The van der Waals surface area contributed by atoms with Crippen LogP contribution in [0.4, 0.5) is 34.1 Å². The molecule has 4 aliphatic rings. The van der Waals surface area contributed by atoms with Crippen molar-refractivity contribution in [3.05, 3.63) is 274 Å². The highest BCUT2D eigenvalue weighted by molar-refractivity contribution is 6.00. The second-order valence-corrected chi connectivity index (χ2v) is 25.1. The molecule has 3 atom stereocenters. The van der Waals surface area contributed by atoms with Gasteiger partial charge in [-0.3, -0.25) is 0 Å². The molecule has 2 heteroatoms. The Labute approximate surface area is 494 Å². The Morgan fingerprint density at radius 1 is 0.470 bits per heavy atom. The number of anilines is 6. The van der Waals surface area contributed by atoms with Crippen molar-refractivity contribution in [1.29, 1.82) is 0 Å². The third-order valence-electron chi connectivity index (χ3n) is 20.3. The first kappa shape index (κ1) is 52.8. The van der Waals surface area contributed by atoms with E-state index in [0.717, 1.165) is 36.3 Å². The van der Waals surface area contributed by atoms with Crippen molar-refractivity contribution in [1.82, 2.24) is 0 Å². The number of para-hydroxylation sites is 2. The summed E-state index contributed by atoms with van der Waals surface area (Å²) in [6, 6.07) is 85.2. The van der Waals surface area contributed by atoms with E-state index in [2.05, 4.69) is 270 Å². The molecule has 3 unspecified atom stereocenters. The maximum atomic E-state index is 2.77. The van der Waals surface area contributed by atoms with Crippen molar-refractivity contribution in [2.45, 2.75) is 135 Å². The minimum atomic E-state index is -0.644. The van der Waals surface area contributed by atoms with Crippen LogP contribution in [0.15, 0.2) is 218 Å². The van der Waals surface area contributed by atoms with Crippen molar-refractivity contribution in [2.24, 2.45) is 0 Å². The van der Waals surface area contributed by atoms with Crippen LogP contribution in [0.25, 0.3) is 44.5 Å². The quantitative estimate of drug-likeness (QED) is 0.0790. The Morgan fingerprint density at radius 2 is 1.06 bits per heavy atom. The molecule has 0 amide bonds. The van der Waals surface area contributed by atoms with E-state index in [1.807, 2.05) is 0 Å². The summed E-state index contributed by atoms with van der Waals surface area (Å²) in [5, 5.41) is 0. The molecule has 1 spiro atoms. The summed E-state index contributed by atoms with van der Waals surface area (Å²) in [5.74, 6) is 0. The summed E-state index contributed by atoms with van der Waals surface area (Å²) in [5.41, 5.74) is 30.8. The number of rotatable bonds is 18. The molecule has 83 heavy (non-hydrogen) atoms. The van der Waals surface area contributed by atoms with Crippen LogP contribution in [0, 0.1) is 13.8 Å². The fourth-order valence-corrected chi connectivity index (χ4v) is 15.6. The van der Waals surface area contributed by atoms with Crippen LogP contribution < -0.4 is 9.80 Å². The standard InChI is InChI=1S/C81H78N2/c1-7-10-12-24-48-79(6,9-3)59-37-43-66-67-44-38-60-51-72(67)81(71(66)50-59)73-52-62(82(61-39-34-55(4)35-40-61)75-32-22-20-30-64(75)57-26-16-14-17-27-57)41-45-68(73)69-46-42-63(53-74(69)81)83(76-33-23-21-31-65(76)58-28-18-15-19-29-58)77-47-36-56(5)70-54-80(60,78(70)77)49-25-13-11-8-2/h14-23,26-47,50-53H,7-13,24-25,48-49,54H2,1-6H3. The van der Waals surface area contributed by atoms with E-state index in [9.17, 15) is 0 Å². The molecule has 10 aromatic rings. The van der Waals surface area contributed by atoms with Crippen LogP contribution in [-0.2, 0) is 22.7 Å². The zero-order chi connectivity index (χ0) is 56.5. The van der Waals surface area contributed by atoms with E-state index in [1.165, 1.54) is 175 Å². The van der Waals surface area contributed by atoms with Crippen LogP contribution in [0.1, 0.15) is 154 Å². The van der Waals surface area contributed by atoms with Gasteiger partial charge < -0.3 is 9.80 Å². The van der Waals surface area contributed by atoms with E-state index in [0.29, 0.717) is 0 Å². The molecule has 3 aliphatic carbocycles. The van der Waals surface area contributed by atoms with Crippen LogP contribution in [0.3, 0.4) is 0 Å². The highest BCUT2D eigenvalue weighted by Gasteiger charge is 2.55. The van der Waals surface area contributed by atoms with Gasteiger partial charge in [-0.05, 0) is 183 Å². The lowest BCUT2D eigenvalue weighted by Gasteiger charge is -2.49. The SMILES string of the molecule is CCCCCCC(C)(CC)c1ccc2c(c1)C13c4cc(N(c5ccc(C)cc5)c5ccccc5-c5ccccc5)ccc4-c4ccc(cc41)N(c1ccccc1-c1ccccc1)c1ccc(C)c4c1C(CCCCCC)(C4)c1ccc-2c3c1. The summed E-state index contributed by atoms with van der Waals surface area (Å²) in [4.78, 5) is 5.23. The van der Waals surface area contributed by atoms with Gasteiger partial charge in [0.1, 0.15) is 0 Å². The minimum absolute atomic E-state index is 0.0203. The molecule has 1 aliphatic heterocycles. The molecule has 0 aromatic heterocycles. The lowest BCUT2D eigenvalue weighted by molar-refractivity contribution is 0.391.